The molecule has 2 rings (SSSR count). The highest BCUT2D eigenvalue weighted by molar-refractivity contribution is 9.10. The SMILES string of the molecule is CCNCc1ccc(Oc2ccc(Br)cc2)nn1. The van der Waals surface area contributed by atoms with Crippen LogP contribution in [0.1, 0.15) is 12.6 Å². The first-order chi connectivity index (χ1) is 8.78. The van der Waals surface area contributed by atoms with E-state index in [4.69, 9.17) is 4.74 Å². The summed E-state index contributed by atoms with van der Waals surface area (Å²) in [6.07, 6.45) is 0. The average Bonchev–Trinajstić information content (AvgIpc) is 2.41. The number of nitrogens with zero attached hydrogens (tertiary/aromatic N) is 2. The third-order valence-corrected chi connectivity index (χ3v) is 2.82. The Bertz CT molecular complexity index is 485. The Morgan fingerprint density at radius 3 is 2.50 bits per heavy atom. The fraction of sp³-hybridized carbons (Fsp3) is 0.231. The fourth-order valence-electron chi connectivity index (χ4n) is 1.37. The van der Waals surface area contributed by atoms with Crippen molar-refractivity contribution in [3.63, 3.8) is 0 Å². The molecular formula is C13H14BrN3O. The Balaban J connectivity index is 1.99. The zero-order valence-electron chi connectivity index (χ0n) is 10.1. The van der Waals surface area contributed by atoms with E-state index < -0.39 is 0 Å². The monoisotopic (exact) mass is 307 g/mol. The lowest BCUT2D eigenvalue weighted by Gasteiger charge is -2.05. The van der Waals surface area contributed by atoms with E-state index in [0.29, 0.717) is 5.88 Å². The first-order valence-corrected chi connectivity index (χ1v) is 6.54. The highest BCUT2D eigenvalue weighted by Crippen LogP contribution is 2.21. The summed E-state index contributed by atoms with van der Waals surface area (Å²) < 4.78 is 6.59. The fourth-order valence-corrected chi connectivity index (χ4v) is 1.64. The minimum atomic E-state index is 0.498. The van der Waals surface area contributed by atoms with E-state index in [1.54, 1.807) is 0 Å². The molecule has 0 bridgehead atoms. The van der Waals surface area contributed by atoms with E-state index in [0.717, 1.165) is 29.0 Å². The van der Waals surface area contributed by atoms with Crippen LogP contribution in [0, 0.1) is 0 Å². The summed E-state index contributed by atoms with van der Waals surface area (Å²) in [7, 11) is 0. The van der Waals surface area contributed by atoms with Gasteiger partial charge in [-0.2, -0.15) is 5.10 Å². The number of halogens is 1. The summed E-state index contributed by atoms with van der Waals surface area (Å²) in [5.74, 6) is 1.24. The summed E-state index contributed by atoms with van der Waals surface area (Å²) >= 11 is 3.37. The largest absolute Gasteiger partial charge is 0.438 e. The van der Waals surface area contributed by atoms with E-state index in [2.05, 4.69) is 38.4 Å². The topological polar surface area (TPSA) is 47.0 Å². The number of ether oxygens (including phenoxy) is 1. The van der Waals surface area contributed by atoms with Gasteiger partial charge in [-0.05, 0) is 36.9 Å². The van der Waals surface area contributed by atoms with Gasteiger partial charge in [0.2, 0.25) is 5.88 Å². The molecule has 0 amide bonds. The van der Waals surface area contributed by atoms with Crippen LogP contribution >= 0.6 is 15.9 Å². The Hall–Kier alpha value is -1.46. The molecule has 1 N–H and O–H groups in total. The third kappa shape index (κ3) is 3.78. The zero-order valence-corrected chi connectivity index (χ0v) is 11.6. The van der Waals surface area contributed by atoms with Crippen molar-refractivity contribution in [3.8, 4) is 11.6 Å². The second kappa shape index (κ2) is 6.47. The molecule has 1 aromatic carbocycles. The van der Waals surface area contributed by atoms with Gasteiger partial charge in [-0.15, -0.1) is 5.10 Å². The van der Waals surface area contributed by atoms with Crippen LogP contribution in [0.2, 0.25) is 0 Å². The molecule has 18 heavy (non-hydrogen) atoms. The van der Waals surface area contributed by atoms with Crippen LogP contribution in [0.15, 0.2) is 40.9 Å². The molecule has 4 nitrogen and oxygen atoms in total. The van der Waals surface area contributed by atoms with Gasteiger partial charge in [0.05, 0.1) is 5.69 Å². The van der Waals surface area contributed by atoms with Crippen molar-refractivity contribution >= 4 is 15.9 Å². The molecule has 0 atom stereocenters. The van der Waals surface area contributed by atoms with Crippen molar-refractivity contribution in [1.29, 1.82) is 0 Å². The number of rotatable bonds is 5. The average molecular weight is 308 g/mol. The van der Waals surface area contributed by atoms with Gasteiger partial charge in [0.15, 0.2) is 0 Å². The van der Waals surface area contributed by atoms with Crippen LogP contribution in [0.5, 0.6) is 11.6 Å². The molecule has 1 aromatic heterocycles. The van der Waals surface area contributed by atoms with Crippen LogP contribution in [0.25, 0.3) is 0 Å². The van der Waals surface area contributed by atoms with Crippen molar-refractivity contribution in [2.24, 2.45) is 0 Å². The smallest absolute Gasteiger partial charge is 0.238 e. The number of hydrogen-bond acceptors (Lipinski definition) is 4. The summed E-state index contributed by atoms with van der Waals surface area (Å²) in [5, 5.41) is 11.3. The molecule has 0 fully saturated rings. The van der Waals surface area contributed by atoms with Gasteiger partial charge in [-0.1, -0.05) is 22.9 Å². The van der Waals surface area contributed by atoms with E-state index >= 15 is 0 Å². The van der Waals surface area contributed by atoms with Gasteiger partial charge >= 0.3 is 0 Å². The van der Waals surface area contributed by atoms with Gasteiger partial charge < -0.3 is 10.1 Å². The van der Waals surface area contributed by atoms with E-state index in [1.165, 1.54) is 0 Å². The van der Waals surface area contributed by atoms with Gasteiger partial charge in [-0.3, -0.25) is 0 Å². The number of aromatic nitrogens is 2. The summed E-state index contributed by atoms with van der Waals surface area (Å²) in [6.45, 7) is 3.69. The molecule has 0 aliphatic carbocycles. The van der Waals surface area contributed by atoms with Crippen LogP contribution in [-0.2, 0) is 6.54 Å². The van der Waals surface area contributed by atoms with Crippen molar-refractivity contribution in [2.75, 3.05) is 6.54 Å². The molecule has 0 aliphatic heterocycles. The molecule has 5 heteroatoms. The molecule has 0 saturated heterocycles. The maximum atomic E-state index is 5.58. The molecule has 0 saturated carbocycles. The minimum Gasteiger partial charge on any atom is -0.438 e. The number of hydrogen-bond donors (Lipinski definition) is 1. The normalized spacial score (nSPS) is 10.3. The molecule has 94 valence electrons. The van der Waals surface area contributed by atoms with Crippen molar-refractivity contribution < 1.29 is 4.74 Å². The molecule has 2 aromatic rings. The Morgan fingerprint density at radius 1 is 1.11 bits per heavy atom. The van der Waals surface area contributed by atoms with Crippen molar-refractivity contribution in [3.05, 3.63) is 46.6 Å². The van der Waals surface area contributed by atoms with Gasteiger partial charge in [0.1, 0.15) is 5.75 Å². The van der Waals surface area contributed by atoms with E-state index in [1.807, 2.05) is 36.4 Å². The maximum absolute atomic E-state index is 5.58. The van der Waals surface area contributed by atoms with E-state index in [-0.39, 0.29) is 0 Å². The number of nitrogens with one attached hydrogen (secondary N) is 1. The molecule has 0 unspecified atom stereocenters. The second-order valence-corrected chi connectivity index (χ2v) is 4.61. The Kier molecular flexibility index (Phi) is 4.66. The molecular weight excluding hydrogens is 294 g/mol. The highest BCUT2D eigenvalue weighted by atomic mass is 79.9. The van der Waals surface area contributed by atoms with Gasteiger partial charge in [-0.25, -0.2) is 0 Å². The number of benzene rings is 1. The summed E-state index contributed by atoms with van der Waals surface area (Å²) in [6, 6.07) is 11.3. The van der Waals surface area contributed by atoms with Gasteiger partial charge in [0, 0.05) is 17.1 Å². The molecule has 0 aliphatic rings. The predicted molar refractivity (Wildman–Crippen MR) is 73.6 cm³/mol. The van der Waals surface area contributed by atoms with Gasteiger partial charge in [0.25, 0.3) is 0 Å². The third-order valence-electron chi connectivity index (χ3n) is 2.29. The Morgan fingerprint density at radius 2 is 1.89 bits per heavy atom. The minimum absolute atomic E-state index is 0.498. The lowest BCUT2D eigenvalue weighted by molar-refractivity contribution is 0.453. The lowest BCUT2D eigenvalue weighted by atomic mass is 10.3. The standard InChI is InChI=1S/C13H14BrN3O/c1-2-15-9-11-5-8-13(17-16-11)18-12-6-3-10(14)4-7-12/h3-8,15H,2,9H2,1H3. The molecule has 1 heterocycles. The van der Waals surface area contributed by atoms with Crippen LogP contribution in [0.3, 0.4) is 0 Å². The zero-order chi connectivity index (χ0) is 12.8. The highest BCUT2D eigenvalue weighted by Gasteiger charge is 2.00. The van der Waals surface area contributed by atoms with Crippen LogP contribution in [0.4, 0.5) is 0 Å². The Labute approximate surface area is 115 Å². The second-order valence-electron chi connectivity index (χ2n) is 3.70. The predicted octanol–water partition coefficient (Wildman–Crippen LogP) is 3.14. The van der Waals surface area contributed by atoms with Crippen LogP contribution in [-0.4, -0.2) is 16.7 Å². The lowest BCUT2D eigenvalue weighted by Crippen LogP contribution is -2.13. The molecule has 0 spiro atoms. The first kappa shape index (κ1) is 13.0. The summed E-state index contributed by atoms with van der Waals surface area (Å²) in [4.78, 5) is 0. The maximum Gasteiger partial charge on any atom is 0.238 e. The van der Waals surface area contributed by atoms with Crippen molar-refractivity contribution in [1.82, 2.24) is 15.5 Å². The first-order valence-electron chi connectivity index (χ1n) is 5.74. The molecule has 0 radical (unpaired) electrons. The van der Waals surface area contributed by atoms with Crippen LogP contribution < -0.4 is 10.1 Å². The van der Waals surface area contributed by atoms with Crippen molar-refractivity contribution in [2.45, 2.75) is 13.5 Å². The van der Waals surface area contributed by atoms with E-state index in [9.17, 15) is 0 Å². The quantitative estimate of drug-likeness (QED) is 0.922. The summed E-state index contributed by atoms with van der Waals surface area (Å²) in [5.41, 5.74) is 0.903.